The first kappa shape index (κ1) is 23.1. The number of carbonyl (C=O) groups excluding carboxylic acids is 1. The molecule has 1 saturated carbocycles. The second-order valence-corrected chi connectivity index (χ2v) is 10.4. The Morgan fingerprint density at radius 3 is 2.79 bits per heavy atom. The van der Waals surface area contributed by atoms with Gasteiger partial charge in [-0.25, -0.2) is 18.4 Å². The van der Waals surface area contributed by atoms with E-state index in [1.54, 1.807) is 24.5 Å². The summed E-state index contributed by atoms with van der Waals surface area (Å²) >= 11 is 1.20. The summed E-state index contributed by atoms with van der Waals surface area (Å²) in [5.74, 6) is 0.0569. The van der Waals surface area contributed by atoms with Crippen molar-refractivity contribution >= 4 is 33.0 Å². The first-order valence-corrected chi connectivity index (χ1v) is 13.0. The van der Waals surface area contributed by atoms with Crippen molar-refractivity contribution in [2.75, 3.05) is 11.3 Å². The minimum absolute atomic E-state index is 0.276. The van der Waals surface area contributed by atoms with Crippen LogP contribution in [0, 0.1) is 0 Å². The third kappa shape index (κ3) is 5.63. The van der Waals surface area contributed by atoms with E-state index < -0.39 is 16.1 Å². The van der Waals surface area contributed by atoms with E-state index in [9.17, 15) is 13.2 Å². The molecular formula is C21H24N6O4S2. The van der Waals surface area contributed by atoms with E-state index in [0.29, 0.717) is 53.7 Å². The fourth-order valence-corrected chi connectivity index (χ4v) is 5.27. The summed E-state index contributed by atoms with van der Waals surface area (Å²) in [6.07, 6.45) is 8.14. The molecule has 3 aromatic rings. The Labute approximate surface area is 195 Å². The van der Waals surface area contributed by atoms with Crippen molar-refractivity contribution in [1.29, 1.82) is 0 Å². The van der Waals surface area contributed by atoms with Crippen LogP contribution in [0.1, 0.15) is 54.6 Å². The summed E-state index contributed by atoms with van der Waals surface area (Å²) in [6.45, 7) is 4.25. The second-order valence-electron chi connectivity index (χ2n) is 7.46. The summed E-state index contributed by atoms with van der Waals surface area (Å²) < 4.78 is 32.4. The Kier molecular flexibility index (Phi) is 6.84. The number of nitrogens with one attached hydrogen (secondary N) is 2. The molecule has 1 aliphatic rings. The molecule has 0 spiro atoms. The number of sulfonamides is 1. The number of hydrogen-bond donors (Lipinski definition) is 2. The van der Waals surface area contributed by atoms with Gasteiger partial charge >= 0.3 is 0 Å². The van der Waals surface area contributed by atoms with Gasteiger partial charge < -0.3 is 10.1 Å². The van der Waals surface area contributed by atoms with E-state index in [1.807, 2.05) is 13.8 Å². The maximum Gasteiger partial charge on any atom is 0.280 e. The Morgan fingerprint density at radius 1 is 1.24 bits per heavy atom. The van der Waals surface area contributed by atoms with Gasteiger partial charge in [-0.2, -0.15) is 0 Å². The molecule has 0 aliphatic heterocycles. The van der Waals surface area contributed by atoms with Crippen molar-refractivity contribution in [3.05, 3.63) is 47.6 Å². The van der Waals surface area contributed by atoms with Crippen LogP contribution in [0.3, 0.4) is 0 Å². The van der Waals surface area contributed by atoms with Crippen LogP contribution in [-0.4, -0.2) is 46.1 Å². The van der Waals surface area contributed by atoms with Crippen LogP contribution < -0.4 is 14.8 Å². The molecule has 3 heterocycles. The zero-order valence-electron chi connectivity index (χ0n) is 18.2. The Balaban J connectivity index is 1.46. The van der Waals surface area contributed by atoms with Crippen LogP contribution in [-0.2, 0) is 10.0 Å². The number of rotatable bonds is 10. The smallest absolute Gasteiger partial charge is 0.280 e. The van der Waals surface area contributed by atoms with Crippen molar-refractivity contribution in [2.45, 2.75) is 44.4 Å². The second kappa shape index (κ2) is 9.79. The van der Waals surface area contributed by atoms with Gasteiger partial charge in [-0.1, -0.05) is 6.92 Å². The minimum atomic E-state index is -3.38. The molecule has 1 amide bonds. The van der Waals surface area contributed by atoms with Crippen LogP contribution in [0.25, 0.3) is 10.6 Å². The minimum Gasteiger partial charge on any atom is -0.477 e. The maximum atomic E-state index is 12.8. The number of thiazole rings is 1. The number of carbonyl (C=O) groups is 1. The number of hydrogen-bond acceptors (Lipinski definition) is 9. The number of aromatic nitrogens is 4. The predicted octanol–water partition coefficient (Wildman–Crippen LogP) is 3.18. The number of anilines is 1. The van der Waals surface area contributed by atoms with E-state index >= 15 is 0 Å². The van der Waals surface area contributed by atoms with Gasteiger partial charge in [-0.05, 0) is 38.3 Å². The third-order valence-electron chi connectivity index (χ3n) is 4.93. The zero-order chi connectivity index (χ0) is 23.4. The van der Waals surface area contributed by atoms with Crippen LogP contribution in [0.2, 0.25) is 0 Å². The number of nitrogens with zero attached hydrogens (tertiary/aromatic N) is 4. The highest BCUT2D eigenvalue weighted by Gasteiger charge is 2.35. The first-order chi connectivity index (χ1) is 15.9. The molecule has 3 aromatic heterocycles. The fraction of sp³-hybridized carbons (Fsp3) is 0.381. The number of pyridine rings is 1. The van der Waals surface area contributed by atoms with E-state index in [-0.39, 0.29) is 16.2 Å². The molecule has 1 fully saturated rings. The lowest BCUT2D eigenvalue weighted by atomic mass is 10.1. The molecule has 0 radical (unpaired) electrons. The van der Waals surface area contributed by atoms with Crippen LogP contribution in [0.5, 0.6) is 5.88 Å². The Hall–Kier alpha value is -3.12. The summed E-state index contributed by atoms with van der Waals surface area (Å²) in [6, 6.07) is 2.84. The van der Waals surface area contributed by atoms with Gasteiger partial charge in [-0.3, -0.25) is 19.5 Å². The molecule has 0 saturated heterocycles. The lowest BCUT2D eigenvalue weighted by molar-refractivity contribution is 0.0934. The third-order valence-corrected chi connectivity index (χ3v) is 7.82. The number of ether oxygens (including phenoxy) is 1. The van der Waals surface area contributed by atoms with E-state index in [1.165, 1.54) is 23.7 Å². The Bertz CT molecular complexity index is 1240. The summed E-state index contributed by atoms with van der Waals surface area (Å²) in [5.41, 5.74) is 1.57. The Morgan fingerprint density at radius 2 is 2.06 bits per heavy atom. The average molecular weight is 489 g/mol. The van der Waals surface area contributed by atoms with Gasteiger partial charge in [-0.15, -0.1) is 11.3 Å². The maximum absolute atomic E-state index is 12.8. The fourth-order valence-electron chi connectivity index (χ4n) is 3.12. The predicted molar refractivity (Wildman–Crippen MR) is 125 cm³/mol. The lowest BCUT2D eigenvalue weighted by Gasteiger charge is -2.17. The summed E-state index contributed by atoms with van der Waals surface area (Å²) in [5, 5.41) is 2.88. The van der Waals surface area contributed by atoms with Gasteiger partial charge in [0, 0.05) is 12.4 Å². The highest BCUT2D eigenvalue weighted by molar-refractivity contribution is 7.93. The largest absolute Gasteiger partial charge is 0.477 e. The number of amides is 1. The molecule has 1 aliphatic carbocycles. The molecule has 0 bridgehead atoms. The highest BCUT2D eigenvalue weighted by Crippen LogP contribution is 2.30. The quantitative estimate of drug-likeness (QED) is 0.444. The monoisotopic (exact) mass is 488 g/mol. The molecular weight excluding hydrogens is 464 g/mol. The van der Waals surface area contributed by atoms with Crippen LogP contribution in [0.15, 0.2) is 36.9 Å². The van der Waals surface area contributed by atoms with Crippen molar-refractivity contribution in [2.24, 2.45) is 0 Å². The van der Waals surface area contributed by atoms with Gasteiger partial charge in [0.2, 0.25) is 15.9 Å². The van der Waals surface area contributed by atoms with Crippen LogP contribution >= 0.6 is 11.3 Å². The molecule has 12 heteroatoms. The van der Waals surface area contributed by atoms with Crippen molar-refractivity contribution < 1.29 is 17.9 Å². The van der Waals surface area contributed by atoms with E-state index in [2.05, 4.69) is 30.0 Å². The molecule has 0 unspecified atom stereocenters. The van der Waals surface area contributed by atoms with Gasteiger partial charge in [0.25, 0.3) is 5.91 Å². The standard InChI is InChI=1S/C21H24N6O4S2/c1-3-15(16-9-13(7-8-23-16)27-33(29,30)14-5-6-14)26-20(28)21-24-11-18(32-21)17-10-22-12-19(25-17)31-4-2/h7-12,14-15H,3-6H2,1-2H3,(H,23,27)(H,26,28)/t15-/m0/s1. The van der Waals surface area contributed by atoms with Crippen molar-refractivity contribution in [3.8, 4) is 16.5 Å². The molecule has 174 valence electrons. The topological polar surface area (TPSA) is 136 Å². The summed E-state index contributed by atoms with van der Waals surface area (Å²) in [7, 11) is -3.38. The van der Waals surface area contributed by atoms with Crippen molar-refractivity contribution in [3.63, 3.8) is 0 Å². The van der Waals surface area contributed by atoms with Gasteiger partial charge in [0.05, 0.1) is 46.6 Å². The molecule has 0 aromatic carbocycles. The van der Waals surface area contributed by atoms with Gasteiger partial charge in [0.1, 0.15) is 5.69 Å². The van der Waals surface area contributed by atoms with Crippen LogP contribution in [0.4, 0.5) is 5.69 Å². The first-order valence-electron chi connectivity index (χ1n) is 10.6. The van der Waals surface area contributed by atoms with Gasteiger partial charge in [0.15, 0.2) is 5.01 Å². The molecule has 10 nitrogen and oxygen atoms in total. The molecule has 1 atom stereocenters. The molecule has 33 heavy (non-hydrogen) atoms. The average Bonchev–Trinajstić information content (AvgIpc) is 3.56. The zero-order valence-corrected chi connectivity index (χ0v) is 19.8. The molecule has 4 rings (SSSR count). The normalized spacial score (nSPS) is 14.5. The highest BCUT2D eigenvalue weighted by atomic mass is 32.2. The van der Waals surface area contributed by atoms with Crippen molar-refractivity contribution in [1.82, 2.24) is 25.3 Å². The molecule has 2 N–H and O–H groups in total. The SMILES string of the molecule is CCOc1cncc(-c2cnc(C(=O)N[C@@H](CC)c3cc(NS(=O)(=O)C4CC4)ccn3)s2)n1. The lowest BCUT2D eigenvalue weighted by Crippen LogP contribution is -2.28. The summed E-state index contributed by atoms with van der Waals surface area (Å²) in [4.78, 5) is 30.6. The van der Waals surface area contributed by atoms with E-state index in [4.69, 9.17) is 4.74 Å². The van der Waals surface area contributed by atoms with E-state index in [0.717, 1.165) is 0 Å².